The smallest absolute Gasteiger partial charge is 0.277 e. The van der Waals surface area contributed by atoms with Crippen molar-refractivity contribution in [3.63, 3.8) is 0 Å². The number of nitrogens with one attached hydrogen (secondary N) is 1. The van der Waals surface area contributed by atoms with Crippen LogP contribution in [0.15, 0.2) is 35.1 Å². The maximum atomic E-state index is 13.8. The number of benzene rings is 1. The number of aryl methyl sites for hydroxylation is 2. The van der Waals surface area contributed by atoms with Crippen molar-refractivity contribution in [3.8, 4) is 0 Å². The lowest BCUT2D eigenvalue weighted by Gasteiger charge is -2.21. The summed E-state index contributed by atoms with van der Waals surface area (Å²) in [6.45, 7) is 5.50. The number of rotatable bonds is 3. The minimum Gasteiger partial charge on any atom is -0.324 e. The standard InChI is InChI=1S/C21H20F2N4O/c1-11-4-5-17(13(3)24-11)25-21-26-20(28)12(2)18-6-7-19(27(18)21)14-8-15(22)10-16(23)9-14/h4-5,8-10,19H,6-7H2,1-3H3,(H,25,26,28). The van der Waals surface area contributed by atoms with Gasteiger partial charge in [0.2, 0.25) is 5.95 Å². The number of pyridine rings is 1. The van der Waals surface area contributed by atoms with Crippen molar-refractivity contribution in [2.45, 2.75) is 39.7 Å². The van der Waals surface area contributed by atoms with Crippen molar-refractivity contribution in [1.82, 2.24) is 14.5 Å². The molecule has 144 valence electrons. The molecule has 1 unspecified atom stereocenters. The molecule has 3 aromatic rings. The lowest BCUT2D eigenvalue weighted by atomic mass is 10.0. The second-order valence-electron chi connectivity index (χ2n) is 7.15. The highest BCUT2D eigenvalue weighted by molar-refractivity contribution is 5.57. The fourth-order valence-corrected chi connectivity index (χ4v) is 3.82. The lowest BCUT2D eigenvalue weighted by Crippen LogP contribution is -2.22. The van der Waals surface area contributed by atoms with Gasteiger partial charge in [0.25, 0.3) is 5.56 Å². The Morgan fingerprint density at radius 3 is 2.46 bits per heavy atom. The molecular weight excluding hydrogens is 362 g/mol. The van der Waals surface area contributed by atoms with E-state index in [1.54, 1.807) is 6.92 Å². The lowest BCUT2D eigenvalue weighted by molar-refractivity contribution is 0.558. The summed E-state index contributed by atoms with van der Waals surface area (Å²) in [4.78, 5) is 21.0. The molecule has 0 aliphatic carbocycles. The normalized spacial score (nSPS) is 15.5. The molecule has 0 saturated carbocycles. The van der Waals surface area contributed by atoms with Crippen LogP contribution < -0.4 is 10.9 Å². The molecule has 1 atom stereocenters. The highest BCUT2D eigenvalue weighted by Crippen LogP contribution is 2.36. The van der Waals surface area contributed by atoms with Crippen LogP contribution >= 0.6 is 0 Å². The third kappa shape index (κ3) is 3.17. The van der Waals surface area contributed by atoms with E-state index in [0.717, 1.165) is 28.8 Å². The van der Waals surface area contributed by atoms with Gasteiger partial charge in [0, 0.05) is 23.0 Å². The van der Waals surface area contributed by atoms with E-state index in [-0.39, 0.29) is 11.6 Å². The highest BCUT2D eigenvalue weighted by Gasteiger charge is 2.29. The van der Waals surface area contributed by atoms with Crippen molar-refractivity contribution >= 4 is 11.6 Å². The van der Waals surface area contributed by atoms with Crippen molar-refractivity contribution in [2.75, 3.05) is 5.32 Å². The second kappa shape index (κ2) is 6.82. The summed E-state index contributed by atoms with van der Waals surface area (Å²) in [5.74, 6) is -0.893. The van der Waals surface area contributed by atoms with Gasteiger partial charge in [0.15, 0.2) is 0 Å². The topological polar surface area (TPSA) is 59.8 Å². The summed E-state index contributed by atoms with van der Waals surface area (Å²) < 4.78 is 29.5. The van der Waals surface area contributed by atoms with E-state index in [1.807, 2.05) is 30.5 Å². The Balaban J connectivity index is 1.86. The van der Waals surface area contributed by atoms with E-state index in [1.165, 1.54) is 12.1 Å². The first-order valence-corrected chi connectivity index (χ1v) is 9.13. The first-order chi connectivity index (χ1) is 13.3. The molecule has 0 spiro atoms. The summed E-state index contributed by atoms with van der Waals surface area (Å²) in [6.07, 6.45) is 1.26. The number of hydrogen-bond acceptors (Lipinski definition) is 4. The van der Waals surface area contributed by atoms with Crippen molar-refractivity contribution in [3.05, 3.63) is 80.5 Å². The Hall–Kier alpha value is -3.09. The average Bonchev–Trinajstić information content (AvgIpc) is 3.06. The maximum Gasteiger partial charge on any atom is 0.277 e. The highest BCUT2D eigenvalue weighted by atomic mass is 19.1. The summed E-state index contributed by atoms with van der Waals surface area (Å²) in [6, 6.07) is 6.95. The van der Waals surface area contributed by atoms with Gasteiger partial charge in [-0.15, -0.1) is 0 Å². The molecule has 0 radical (unpaired) electrons. The third-order valence-corrected chi connectivity index (χ3v) is 5.19. The van der Waals surface area contributed by atoms with Crippen LogP contribution in [0, 0.1) is 32.4 Å². The average molecular weight is 382 g/mol. The predicted molar refractivity (Wildman–Crippen MR) is 103 cm³/mol. The molecular formula is C21H20F2N4O. The Kier molecular flexibility index (Phi) is 4.45. The molecule has 0 amide bonds. The van der Waals surface area contributed by atoms with Gasteiger partial charge in [-0.3, -0.25) is 9.78 Å². The summed E-state index contributed by atoms with van der Waals surface area (Å²) in [5.41, 5.74) is 3.98. The molecule has 1 aliphatic heterocycles. The Bertz CT molecular complexity index is 1120. The molecule has 1 N–H and O–H groups in total. The van der Waals surface area contributed by atoms with Crippen LogP contribution in [-0.2, 0) is 6.42 Å². The van der Waals surface area contributed by atoms with Gasteiger partial charge in [-0.1, -0.05) is 0 Å². The Morgan fingerprint density at radius 2 is 1.79 bits per heavy atom. The quantitative estimate of drug-likeness (QED) is 0.740. The van der Waals surface area contributed by atoms with Gasteiger partial charge in [0.05, 0.1) is 17.4 Å². The van der Waals surface area contributed by atoms with E-state index < -0.39 is 11.6 Å². The Labute approximate surface area is 161 Å². The fraction of sp³-hybridized carbons (Fsp3) is 0.286. The third-order valence-electron chi connectivity index (χ3n) is 5.19. The monoisotopic (exact) mass is 382 g/mol. The minimum absolute atomic E-state index is 0.308. The first-order valence-electron chi connectivity index (χ1n) is 9.13. The maximum absolute atomic E-state index is 13.8. The summed E-state index contributed by atoms with van der Waals surface area (Å²) in [5, 5.41) is 3.20. The molecule has 3 heterocycles. The molecule has 1 aromatic carbocycles. The van der Waals surface area contributed by atoms with E-state index in [2.05, 4.69) is 15.3 Å². The zero-order chi connectivity index (χ0) is 20.0. The molecule has 0 bridgehead atoms. The summed E-state index contributed by atoms with van der Waals surface area (Å²) in [7, 11) is 0. The molecule has 5 nitrogen and oxygen atoms in total. The molecule has 2 aromatic heterocycles. The molecule has 1 aliphatic rings. The zero-order valence-corrected chi connectivity index (χ0v) is 15.9. The molecule has 0 saturated heterocycles. The van der Waals surface area contributed by atoms with Gasteiger partial charge in [-0.2, -0.15) is 4.98 Å². The van der Waals surface area contributed by atoms with Gasteiger partial charge >= 0.3 is 0 Å². The van der Waals surface area contributed by atoms with Crippen LogP contribution in [0.3, 0.4) is 0 Å². The predicted octanol–water partition coefficient (Wildman–Crippen LogP) is 4.12. The SMILES string of the molecule is Cc1ccc(Nc2nc(=O)c(C)c3n2C(c2cc(F)cc(F)c2)CC3)c(C)n1. The van der Waals surface area contributed by atoms with Crippen LogP contribution in [0.1, 0.15) is 40.7 Å². The fourth-order valence-electron chi connectivity index (χ4n) is 3.82. The van der Waals surface area contributed by atoms with Crippen molar-refractivity contribution < 1.29 is 8.78 Å². The van der Waals surface area contributed by atoms with Gasteiger partial charge in [-0.05, 0) is 63.4 Å². The first kappa shape index (κ1) is 18.3. The van der Waals surface area contributed by atoms with Crippen LogP contribution in [-0.4, -0.2) is 14.5 Å². The van der Waals surface area contributed by atoms with E-state index in [4.69, 9.17) is 0 Å². The van der Waals surface area contributed by atoms with Crippen LogP contribution in [0.2, 0.25) is 0 Å². The number of nitrogens with zero attached hydrogens (tertiary/aromatic N) is 3. The van der Waals surface area contributed by atoms with Crippen molar-refractivity contribution in [1.29, 1.82) is 0 Å². The van der Waals surface area contributed by atoms with E-state index >= 15 is 0 Å². The van der Waals surface area contributed by atoms with Crippen molar-refractivity contribution in [2.24, 2.45) is 0 Å². The van der Waals surface area contributed by atoms with Gasteiger partial charge in [0.1, 0.15) is 11.6 Å². The number of fused-ring (bicyclic) bond motifs is 1. The van der Waals surface area contributed by atoms with Crippen LogP contribution in [0.5, 0.6) is 0 Å². The number of hydrogen-bond donors (Lipinski definition) is 1. The number of anilines is 2. The minimum atomic E-state index is -0.623. The van der Waals surface area contributed by atoms with Gasteiger partial charge in [-0.25, -0.2) is 8.78 Å². The summed E-state index contributed by atoms with van der Waals surface area (Å²) >= 11 is 0. The second-order valence-corrected chi connectivity index (χ2v) is 7.15. The molecule has 7 heteroatoms. The van der Waals surface area contributed by atoms with Crippen LogP contribution in [0.25, 0.3) is 0 Å². The zero-order valence-electron chi connectivity index (χ0n) is 15.9. The molecule has 4 rings (SSSR count). The van der Waals surface area contributed by atoms with Gasteiger partial charge < -0.3 is 9.88 Å². The number of halogens is 2. The molecule has 0 fully saturated rings. The Morgan fingerprint density at radius 1 is 1.07 bits per heavy atom. The van der Waals surface area contributed by atoms with Crippen LogP contribution in [0.4, 0.5) is 20.4 Å². The van der Waals surface area contributed by atoms with E-state index in [9.17, 15) is 13.6 Å². The number of aromatic nitrogens is 3. The molecule has 28 heavy (non-hydrogen) atoms. The largest absolute Gasteiger partial charge is 0.324 e. The van der Waals surface area contributed by atoms with E-state index in [0.29, 0.717) is 29.9 Å².